The Morgan fingerprint density at radius 3 is 2.66 bits per heavy atom. The van der Waals surface area contributed by atoms with Crippen molar-refractivity contribution in [3.63, 3.8) is 0 Å². The van der Waals surface area contributed by atoms with Crippen molar-refractivity contribution in [2.24, 2.45) is 11.8 Å². The third-order valence-electron chi connectivity index (χ3n) is 7.34. The largest absolute Gasteiger partial charge is 0.466 e. The van der Waals surface area contributed by atoms with Crippen molar-refractivity contribution in [1.82, 2.24) is 9.80 Å². The summed E-state index contributed by atoms with van der Waals surface area (Å²) in [6, 6.07) is -0.852. The number of carbonyl (C=O) groups is 3. The van der Waals surface area contributed by atoms with Crippen LogP contribution in [0.1, 0.15) is 59.8 Å². The van der Waals surface area contributed by atoms with Gasteiger partial charge in [-0.25, -0.2) is 0 Å². The van der Waals surface area contributed by atoms with Gasteiger partial charge in [0.25, 0.3) is 0 Å². The predicted octanol–water partition coefficient (Wildman–Crippen LogP) is 1.90. The highest BCUT2D eigenvalue weighted by Gasteiger charge is 2.78. The standard InChI is InChI=1S/C24H38N2O6/c1-6-13-25(16(3)4)21(29)19-24-12-11-23(5,32-24)18(22(30)31-7-2)17(24)20(28)26(19)14-9-8-10-15-27/h6,16-19,27H,1,7-15H2,2-5H3/t17-,18-,19?,23+,24?/m0/s1. The number of aliphatic hydroxyl groups excluding tert-OH is 1. The fraction of sp³-hybridized carbons (Fsp3) is 0.792. The monoisotopic (exact) mass is 450 g/mol. The lowest BCUT2D eigenvalue weighted by atomic mass is 9.66. The maximum absolute atomic E-state index is 13.9. The third-order valence-corrected chi connectivity index (χ3v) is 7.34. The summed E-state index contributed by atoms with van der Waals surface area (Å²) in [5.41, 5.74) is -1.83. The minimum Gasteiger partial charge on any atom is -0.466 e. The number of amides is 2. The lowest BCUT2D eigenvalue weighted by Crippen LogP contribution is -2.57. The van der Waals surface area contributed by atoms with E-state index in [1.165, 1.54) is 0 Å². The molecule has 3 rings (SSSR count). The van der Waals surface area contributed by atoms with Gasteiger partial charge in [0, 0.05) is 25.7 Å². The van der Waals surface area contributed by atoms with Crippen LogP contribution in [-0.4, -0.2) is 82.3 Å². The number of hydrogen-bond donors (Lipinski definition) is 1. The highest BCUT2D eigenvalue weighted by molar-refractivity contribution is 5.98. The fourth-order valence-corrected chi connectivity index (χ4v) is 5.96. The molecule has 3 aliphatic rings. The molecular weight excluding hydrogens is 412 g/mol. The fourth-order valence-electron chi connectivity index (χ4n) is 5.96. The number of hydrogen-bond acceptors (Lipinski definition) is 6. The molecule has 1 N–H and O–H groups in total. The van der Waals surface area contributed by atoms with Crippen LogP contribution in [0.5, 0.6) is 0 Å². The van der Waals surface area contributed by atoms with Crippen molar-refractivity contribution < 1.29 is 29.0 Å². The molecule has 2 unspecified atom stereocenters. The number of unbranched alkanes of at least 4 members (excludes halogenated alkanes) is 2. The van der Waals surface area contributed by atoms with E-state index in [2.05, 4.69) is 6.58 Å². The van der Waals surface area contributed by atoms with E-state index in [1.807, 2.05) is 20.8 Å². The molecule has 0 saturated carbocycles. The summed E-state index contributed by atoms with van der Waals surface area (Å²) in [5.74, 6) is -2.21. The van der Waals surface area contributed by atoms with E-state index in [-0.39, 0.29) is 31.1 Å². The Morgan fingerprint density at radius 2 is 2.06 bits per heavy atom. The van der Waals surface area contributed by atoms with Gasteiger partial charge in [0.2, 0.25) is 11.8 Å². The molecule has 3 fully saturated rings. The number of aliphatic hydroxyl groups is 1. The topological polar surface area (TPSA) is 96.4 Å². The van der Waals surface area contributed by atoms with Crippen molar-refractivity contribution in [2.45, 2.75) is 83.1 Å². The Bertz CT molecular complexity index is 755. The molecular formula is C24H38N2O6. The molecule has 8 nitrogen and oxygen atoms in total. The number of likely N-dealkylation sites (tertiary alicyclic amines) is 1. The molecule has 8 heteroatoms. The van der Waals surface area contributed by atoms with Crippen LogP contribution < -0.4 is 0 Å². The van der Waals surface area contributed by atoms with Crippen LogP contribution in [0.3, 0.4) is 0 Å². The molecule has 0 aliphatic carbocycles. The van der Waals surface area contributed by atoms with Crippen LogP contribution in [0.4, 0.5) is 0 Å². The van der Waals surface area contributed by atoms with E-state index in [9.17, 15) is 14.4 Å². The van der Waals surface area contributed by atoms with Gasteiger partial charge in [-0.1, -0.05) is 6.08 Å². The Labute approximate surface area is 190 Å². The van der Waals surface area contributed by atoms with Gasteiger partial charge in [-0.3, -0.25) is 14.4 Å². The first-order valence-corrected chi connectivity index (χ1v) is 11.9. The molecule has 5 atom stereocenters. The average molecular weight is 451 g/mol. The first-order chi connectivity index (χ1) is 15.2. The maximum Gasteiger partial charge on any atom is 0.312 e. The van der Waals surface area contributed by atoms with Crippen LogP contribution in [0, 0.1) is 11.8 Å². The molecule has 0 aromatic carbocycles. The van der Waals surface area contributed by atoms with Gasteiger partial charge in [0.1, 0.15) is 17.6 Å². The molecule has 3 aliphatic heterocycles. The zero-order valence-corrected chi connectivity index (χ0v) is 19.8. The lowest BCUT2D eigenvalue weighted by molar-refractivity contribution is -0.160. The first kappa shape index (κ1) is 24.7. The molecule has 0 aromatic heterocycles. The van der Waals surface area contributed by atoms with Crippen molar-refractivity contribution in [1.29, 1.82) is 0 Å². The van der Waals surface area contributed by atoms with Gasteiger partial charge in [-0.2, -0.15) is 0 Å². The summed E-state index contributed by atoms with van der Waals surface area (Å²) < 4.78 is 11.9. The number of fused-ring (bicyclic) bond motifs is 1. The van der Waals surface area contributed by atoms with Crippen molar-refractivity contribution in [3.05, 3.63) is 12.7 Å². The maximum atomic E-state index is 13.9. The van der Waals surface area contributed by atoms with Gasteiger partial charge in [-0.05, 0) is 59.8 Å². The molecule has 3 saturated heterocycles. The quantitative estimate of drug-likeness (QED) is 0.293. The molecule has 1 spiro atoms. The minimum atomic E-state index is -1.02. The van der Waals surface area contributed by atoms with E-state index in [0.717, 1.165) is 6.42 Å². The lowest BCUT2D eigenvalue weighted by Gasteiger charge is -2.38. The second-order valence-corrected chi connectivity index (χ2v) is 9.67. The Morgan fingerprint density at radius 1 is 1.34 bits per heavy atom. The van der Waals surface area contributed by atoms with Crippen molar-refractivity contribution in [2.75, 3.05) is 26.3 Å². The van der Waals surface area contributed by atoms with Crippen LogP contribution in [0.2, 0.25) is 0 Å². The number of esters is 1. The minimum absolute atomic E-state index is 0.0719. The van der Waals surface area contributed by atoms with Crippen LogP contribution in [0.15, 0.2) is 12.7 Å². The first-order valence-electron chi connectivity index (χ1n) is 11.9. The summed E-state index contributed by atoms with van der Waals surface area (Å²) >= 11 is 0. The van der Waals surface area contributed by atoms with E-state index in [0.29, 0.717) is 38.8 Å². The SMILES string of the molecule is C=CCN(C(=O)C1N(CCCCCO)C(=O)[C@@H]2[C@@H](C(=O)OCC)[C@@]3(C)CCC12O3)C(C)C. The number of nitrogens with zero attached hydrogens (tertiary/aromatic N) is 2. The number of carbonyl (C=O) groups excluding carboxylic acids is 3. The predicted molar refractivity (Wildman–Crippen MR) is 119 cm³/mol. The van der Waals surface area contributed by atoms with Gasteiger partial charge in [0.05, 0.1) is 18.1 Å². The van der Waals surface area contributed by atoms with Crippen molar-refractivity contribution in [3.8, 4) is 0 Å². The molecule has 0 aromatic rings. The summed E-state index contributed by atoms with van der Waals surface area (Å²) in [6.45, 7) is 12.4. The van der Waals surface area contributed by atoms with Crippen LogP contribution in [0.25, 0.3) is 0 Å². The molecule has 3 heterocycles. The summed E-state index contributed by atoms with van der Waals surface area (Å²) in [7, 11) is 0. The van der Waals surface area contributed by atoms with Gasteiger partial charge in [0.15, 0.2) is 0 Å². The highest BCUT2D eigenvalue weighted by atomic mass is 16.6. The second-order valence-electron chi connectivity index (χ2n) is 9.67. The van der Waals surface area contributed by atoms with Gasteiger partial charge < -0.3 is 24.4 Å². The second kappa shape index (κ2) is 9.51. The average Bonchev–Trinajstić information content (AvgIpc) is 3.30. The Kier molecular flexibility index (Phi) is 7.34. The smallest absolute Gasteiger partial charge is 0.312 e. The molecule has 32 heavy (non-hydrogen) atoms. The van der Waals surface area contributed by atoms with Gasteiger partial charge in [-0.15, -0.1) is 6.58 Å². The number of ether oxygens (including phenoxy) is 2. The molecule has 180 valence electrons. The van der Waals surface area contributed by atoms with E-state index in [1.54, 1.807) is 22.8 Å². The summed E-state index contributed by atoms with van der Waals surface area (Å²) in [6.07, 6.45) is 4.91. The Hall–Kier alpha value is -1.93. The summed E-state index contributed by atoms with van der Waals surface area (Å²) in [5, 5.41) is 9.11. The summed E-state index contributed by atoms with van der Waals surface area (Å²) in [4.78, 5) is 44.0. The molecule has 0 radical (unpaired) electrons. The van der Waals surface area contributed by atoms with E-state index >= 15 is 0 Å². The number of rotatable bonds is 11. The molecule has 2 amide bonds. The van der Waals surface area contributed by atoms with Crippen LogP contribution in [-0.2, 0) is 23.9 Å². The molecule has 2 bridgehead atoms. The van der Waals surface area contributed by atoms with Gasteiger partial charge >= 0.3 is 5.97 Å². The van der Waals surface area contributed by atoms with E-state index in [4.69, 9.17) is 14.6 Å². The zero-order chi connectivity index (χ0) is 23.7. The third kappa shape index (κ3) is 3.85. The Balaban J connectivity index is 2.01. The van der Waals surface area contributed by atoms with Crippen LogP contribution >= 0.6 is 0 Å². The highest BCUT2D eigenvalue weighted by Crippen LogP contribution is 2.63. The normalized spacial score (nSPS) is 33.0. The zero-order valence-electron chi connectivity index (χ0n) is 19.8. The van der Waals surface area contributed by atoms with Crippen molar-refractivity contribution >= 4 is 17.8 Å². The van der Waals surface area contributed by atoms with E-state index < -0.39 is 35.0 Å².